The van der Waals surface area contributed by atoms with Gasteiger partial charge in [-0.05, 0) is 141 Å². The molecule has 4 heteroatoms. The standard InChI is InChI=1S/C61H56BN3/c1-58(2,3)43-30-32-47(33-31-43)64-54-38-48(65-52-28-18-16-26-49(52)61(44-22-10-8-11-23-44)40-42-21-15-14-20-41(42)39-60(61,65)7)34-35-51(54)62-50-27-17-19-29-53(50)63(46-24-12-9-13-25-46)55-36-45(59(4,5)6)37-56(64)57(55)62/h8-38H,39-40H2,1-7H3. The molecular weight excluding hydrogens is 786 g/mol. The number of rotatable bonds is 4. The lowest BCUT2D eigenvalue weighted by Gasteiger charge is -2.53. The molecule has 3 nitrogen and oxygen atoms in total. The van der Waals surface area contributed by atoms with E-state index in [0.29, 0.717) is 0 Å². The number of anilines is 8. The van der Waals surface area contributed by atoms with E-state index in [1.54, 1.807) is 0 Å². The van der Waals surface area contributed by atoms with E-state index in [-0.39, 0.29) is 28.5 Å². The predicted molar refractivity (Wildman–Crippen MR) is 276 cm³/mol. The molecule has 0 N–H and O–H groups in total. The Hall–Kier alpha value is -6.78. The first-order valence-electron chi connectivity index (χ1n) is 23.6. The summed E-state index contributed by atoms with van der Waals surface area (Å²) in [6.45, 7) is 16.6. The maximum absolute atomic E-state index is 2.74. The first-order valence-corrected chi connectivity index (χ1v) is 23.6. The van der Waals surface area contributed by atoms with Crippen LogP contribution in [0.3, 0.4) is 0 Å². The second-order valence-electron chi connectivity index (χ2n) is 21.2. The largest absolute Gasteiger partial charge is 0.334 e. The van der Waals surface area contributed by atoms with Crippen molar-refractivity contribution in [3.8, 4) is 0 Å². The number of hydrogen-bond acceptors (Lipinski definition) is 3. The first-order chi connectivity index (χ1) is 31.4. The zero-order chi connectivity index (χ0) is 44.5. The first kappa shape index (κ1) is 39.8. The van der Waals surface area contributed by atoms with E-state index in [2.05, 4.69) is 251 Å². The van der Waals surface area contributed by atoms with Gasteiger partial charge >= 0.3 is 0 Å². The second-order valence-corrected chi connectivity index (χ2v) is 21.2. The van der Waals surface area contributed by atoms with Crippen molar-refractivity contribution in [1.29, 1.82) is 0 Å². The van der Waals surface area contributed by atoms with Crippen LogP contribution in [-0.4, -0.2) is 12.3 Å². The molecule has 4 aliphatic rings. The Balaban J connectivity index is 1.15. The highest BCUT2D eigenvalue weighted by Gasteiger charge is 2.62. The molecule has 0 saturated carbocycles. The zero-order valence-corrected chi connectivity index (χ0v) is 38.7. The van der Waals surface area contributed by atoms with Gasteiger partial charge in [0.25, 0.3) is 6.71 Å². The van der Waals surface area contributed by atoms with Crippen molar-refractivity contribution in [2.24, 2.45) is 0 Å². The minimum Gasteiger partial charge on any atom is -0.334 e. The monoisotopic (exact) mass is 841 g/mol. The molecule has 8 aromatic carbocycles. The Morgan fingerprint density at radius 2 is 0.954 bits per heavy atom. The number of hydrogen-bond donors (Lipinski definition) is 0. The van der Waals surface area contributed by atoms with Gasteiger partial charge in [-0.2, -0.15) is 0 Å². The van der Waals surface area contributed by atoms with Crippen molar-refractivity contribution in [2.45, 2.75) is 83.1 Å². The topological polar surface area (TPSA) is 9.72 Å². The number of benzene rings is 8. The predicted octanol–water partition coefficient (Wildman–Crippen LogP) is 13.4. The summed E-state index contributed by atoms with van der Waals surface area (Å²) in [5.41, 5.74) is 21.5. The summed E-state index contributed by atoms with van der Waals surface area (Å²) in [4.78, 5) is 7.87. The van der Waals surface area contributed by atoms with Gasteiger partial charge in [0.1, 0.15) is 0 Å². The van der Waals surface area contributed by atoms with Crippen molar-refractivity contribution < 1.29 is 0 Å². The van der Waals surface area contributed by atoms with Gasteiger partial charge in [0.05, 0.1) is 5.54 Å². The second kappa shape index (κ2) is 14.1. The van der Waals surface area contributed by atoms with Gasteiger partial charge in [-0.25, -0.2) is 0 Å². The molecule has 0 spiro atoms. The van der Waals surface area contributed by atoms with E-state index in [1.807, 2.05) is 0 Å². The summed E-state index contributed by atoms with van der Waals surface area (Å²) in [5, 5.41) is 0. The minimum atomic E-state index is -0.313. The van der Waals surface area contributed by atoms with Crippen molar-refractivity contribution in [3.05, 3.63) is 221 Å². The van der Waals surface area contributed by atoms with Crippen LogP contribution in [0.4, 0.5) is 45.5 Å². The fourth-order valence-corrected chi connectivity index (χ4v) is 12.3. The highest BCUT2D eigenvalue weighted by Crippen LogP contribution is 2.62. The van der Waals surface area contributed by atoms with Crippen LogP contribution < -0.4 is 31.1 Å². The minimum absolute atomic E-state index is 0.0320. The summed E-state index contributed by atoms with van der Waals surface area (Å²) in [5.74, 6) is 0. The Morgan fingerprint density at radius 1 is 0.431 bits per heavy atom. The molecule has 1 aliphatic carbocycles. The van der Waals surface area contributed by atoms with Gasteiger partial charge in [0.15, 0.2) is 0 Å². The zero-order valence-electron chi connectivity index (χ0n) is 38.7. The van der Waals surface area contributed by atoms with E-state index >= 15 is 0 Å². The third-order valence-electron chi connectivity index (χ3n) is 15.5. The molecule has 3 heterocycles. The van der Waals surface area contributed by atoms with Gasteiger partial charge in [-0.15, -0.1) is 0 Å². The maximum Gasteiger partial charge on any atom is 0.252 e. The third kappa shape index (κ3) is 5.75. The highest BCUT2D eigenvalue weighted by atomic mass is 15.3. The molecule has 0 aromatic heterocycles. The average molecular weight is 842 g/mol. The molecule has 2 unspecified atom stereocenters. The van der Waals surface area contributed by atoms with Gasteiger partial charge in [-0.1, -0.05) is 169 Å². The fraction of sp³-hybridized carbons (Fsp3) is 0.213. The molecule has 0 radical (unpaired) electrons. The normalized spacial score (nSPS) is 19.2. The summed E-state index contributed by atoms with van der Waals surface area (Å²) >= 11 is 0. The lowest BCUT2D eigenvalue weighted by atomic mass is 9.33. The number of nitrogens with zero attached hydrogens (tertiary/aromatic N) is 3. The molecule has 3 aliphatic heterocycles. The molecule has 0 bridgehead atoms. The molecule has 8 aromatic rings. The fourth-order valence-electron chi connectivity index (χ4n) is 12.3. The lowest BCUT2D eigenvalue weighted by Crippen LogP contribution is -2.62. The van der Waals surface area contributed by atoms with Crippen molar-refractivity contribution >= 4 is 68.6 Å². The lowest BCUT2D eigenvalue weighted by molar-refractivity contribution is 0.281. The van der Waals surface area contributed by atoms with Crippen LogP contribution in [0.15, 0.2) is 188 Å². The SMILES string of the molecule is CC(C)(C)c1ccc(N2c3cc(N4c5ccccc5C5(c6ccccc6)Cc6ccccc6CC45C)ccc3B3c4ccccc4N(c4ccccc4)c4cc(C(C)(C)C)cc2c43)cc1. The van der Waals surface area contributed by atoms with Crippen LogP contribution in [0, 0.1) is 0 Å². The van der Waals surface area contributed by atoms with Crippen molar-refractivity contribution in [3.63, 3.8) is 0 Å². The molecule has 0 amide bonds. The van der Waals surface area contributed by atoms with Gasteiger partial charge < -0.3 is 14.7 Å². The van der Waals surface area contributed by atoms with Gasteiger partial charge in [0.2, 0.25) is 0 Å². The van der Waals surface area contributed by atoms with Crippen LogP contribution >= 0.6 is 0 Å². The molecule has 0 saturated heterocycles. The van der Waals surface area contributed by atoms with Crippen molar-refractivity contribution in [2.75, 3.05) is 14.7 Å². The highest BCUT2D eigenvalue weighted by molar-refractivity contribution is 7.00. The molecule has 65 heavy (non-hydrogen) atoms. The van der Waals surface area contributed by atoms with Crippen LogP contribution in [0.1, 0.15) is 81.8 Å². The van der Waals surface area contributed by atoms with Crippen molar-refractivity contribution in [1.82, 2.24) is 0 Å². The van der Waals surface area contributed by atoms with Crippen LogP contribution in [0.25, 0.3) is 0 Å². The summed E-state index contributed by atoms with van der Waals surface area (Å²) in [6.07, 6.45) is 1.87. The Kier molecular flexibility index (Phi) is 8.64. The molecular formula is C61H56BN3. The van der Waals surface area contributed by atoms with Crippen LogP contribution in [-0.2, 0) is 29.1 Å². The Labute approximate surface area is 386 Å². The van der Waals surface area contributed by atoms with Crippen LogP contribution in [0.5, 0.6) is 0 Å². The van der Waals surface area contributed by atoms with E-state index in [1.165, 1.54) is 95.3 Å². The summed E-state index contributed by atoms with van der Waals surface area (Å²) in [7, 11) is 0. The molecule has 0 fully saturated rings. The third-order valence-corrected chi connectivity index (χ3v) is 15.5. The molecule has 12 rings (SSSR count). The average Bonchev–Trinajstić information content (AvgIpc) is 3.54. The van der Waals surface area contributed by atoms with Gasteiger partial charge in [-0.3, -0.25) is 0 Å². The Morgan fingerprint density at radius 3 is 1.63 bits per heavy atom. The Bertz CT molecular complexity index is 3160. The summed E-state index contributed by atoms with van der Waals surface area (Å²) < 4.78 is 0. The number of para-hydroxylation sites is 3. The van der Waals surface area contributed by atoms with E-state index in [9.17, 15) is 0 Å². The van der Waals surface area contributed by atoms with Crippen LogP contribution in [0.2, 0.25) is 0 Å². The van der Waals surface area contributed by atoms with E-state index in [0.717, 1.165) is 12.8 Å². The smallest absolute Gasteiger partial charge is 0.252 e. The van der Waals surface area contributed by atoms with E-state index < -0.39 is 0 Å². The molecule has 2 atom stereocenters. The number of fused-ring (bicyclic) bond motifs is 8. The molecule has 318 valence electrons. The maximum atomic E-state index is 2.74. The summed E-state index contributed by atoms with van der Waals surface area (Å²) in [6, 6.07) is 71.9. The quantitative estimate of drug-likeness (QED) is 0.163. The van der Waals surface area contributed by atoms with E-state index in [4.69, 9.17) is 0 Å². The van der Waals surface area contributed by atoms with Gasteiger partial charge in [0, 0.05) is 50.9 Å².